The highest BCUT2D eigenvalue weighted by Crippen LogP contribution is 2.15. The Bertz CT molecular complexity index is 1020. The van der Waals surface area contributed by atoms with Crippen LogP contribution in [0.15, 0.2) is 67.0 Å². The highest BCUT2D eigenvalue weighted by Gasteiger charge is 2.12. The molecule has 1 heterocycles. The Kier molecular flexibility index (Phi) is 14.1. The summed E-state index contributed by atoms with van der Waals surface area (Å²) in [5.41, 5.74) is 2.15. The number of hydrogen-bond donors (Lipinski definition) is 0. The average molecular weight is 501 g/mol. The first-order valence-electron chi connectivity index (χ1n) is 15.3. The first kappa shape index (κ1) is 29.1. The number of nitrogens with zero attached hydrogens (tertiary/aromatic N) is 1. The number of rotatable bonds is 20. The minimum absolute atomic E-state index is 0.161. The van der Waals surface area contributed by atoms with Gasteiger partial charge in [-0.1, -0.05) is 146 Å². The number of fused-ring (bicyclic) bond motifs is 1. The summed E-state index contributed by atoms with van der Waals surface area (Å²) >= 11 is 0. The van der Waals surface area contributed by atoms with E-state index in [1.165, 1.54) is 114 Å². The van der Waals surface area contributed by atoms with Crippen LogP contribution in [0.5, 0.6) is 0 Å². The van der Waals surface area contributed by atoms with Crippen molar-refractivity contribution < 1.29 is 9.36 Å². The lowest BCUT2D eigenvalue weighted by molar-refractivity contribution is -0.681. The molecule has 0 amide bonds. The number of ketones is 1. The second-order valence-corrected chi connectivity index (χ2v) is 10.9. The number of aromatic nitrogens is 1. The van der Waals surface area contributed by atoms with Crippen LogP contribution in [0.3, 0.4) is 0 Å². The third kappa shape index (κ3) is 11.6. The van der Waals surface area contributed by atoms with Gasteiger partial charge in [-0.2, -0.15) is 4.57 Å². The van der Waals surface area contributed by atoms with Crippen LogP contribution >= 0.6 is 0 Å². The van der Waals surface area contributed by atoms with Gasteiger partial charge in [0.15, 0.2) is 12.4 Å². The minimum atomic E-state index is 0.161. The molecule has 0 N–H and O–H groups in total. The van der Waals surface area contributed by atoms with Gasteiger partial charge in [0, 0.05) is 17.0 Å². The summed E-state index contributed by atoms with van der Waals surface area (Å²) in [4.78, 5) is 12.8. The van der Waals surface area contributed by atoms with Gasteiger partial charge in [-0.05, 0) is 29.9 Å². The molecule has 1 aromatic heterocycles. The highest BCUT2D eigenvalue weighted by molar-refractivity contribution is 5.95. The van der Waals surface area contributed by atoms with Gasteiger partial charge < -0.3 is 0 Å². The average Bonchev–Trinajstić information content (AvgIpc) is 2.93. The van der Waals surface area contributed by atoms with Gasteiger partial charge >= 0.3 is 0 Å². The van der Waals surface area contributed by atoms with E-state index in [4.69, 9.17) is 0 Å². The quantitative estimate of drug-likeness (QED) is 0.0859. The van der Waals surface area contributed by atoms with Crippen LogP contribution in [0.4, 0.5) is 0 Å². The number of carbonyl (C=O) groups excluding carboxylic acids is 1. The fourth-order valence-electron chi connectivity index (χ4n) is 5.27. The molecule has 2 aromatic carbocycles. The Hall–Kier alpha value is -2.48. The molecule has 0 radical (unpaired) electrons. The molecule has 37 heavy (non-hydrogen) atoms. The second kappa shape index (κ2) is 17.9. The number of benzene rings is 2. The van der Waals surface area contributed by atoms with Crippen molar-refractivity contribution in [2.24, 2.45) is 0 Å². The second-order valence-electron chi connectivity index (χ2n) is 10.9. The van der Waals surface area contributed by atoms with E-state index in [9.17, 15) is 4.79 Å². The van der Waals surface area contributed by atoms with E-state index in [2.05, 4.69) is 43.5 Å². The lowest BCUT2D eigenvalue weighted by Gasteiger charge is -2.05. The van der Waals surface area contributed by atoms with Gasteiger partial charge in [0.2, 0.25) is 12.3 Å². The summed E-state index contributed by atoms with van der Waals surface area (Å²) in [5, 5.41) is 2.36. The Morgan fingerprint density at radius 2 is 1.11 bits per heavy atom. The molecule has 0 fully saturated rings. The van der Waals surface area contributed by atoms with E-state index in [1.807, 2.05) is 35.0 Å². The van der Waals surface area contributed by atoms with E-state index < -0.39 is 0 Å². The largest absolute Gasteiger partial charge is 0.287 e. The molecule has 0 aliphatic rings. The van der Waals surface area contributed by atoms with Crippen molar-refractivity contribution in [2.45, 2.75) is 123 Å². The zero-order valence-electron chi connectivity index (χ0n) is 23.4. The number of Topliss-reactive ketones (excluding diaryl/α,β-unsaturated/α-hetero) is 1. The number of hydrogen-bond acceptors (Lipinski definition) is 1. The number of carbonyl (C=O) groups is 1. The van der Waals surface area contributed by atoms with Crippen LogP contribution in [0.1, 0.15) is 126 Å². The fraction of sp³-hybridized carbons (Fsp3) is 0.543. The van der Waals surface area contributed by atoms with Crippen molar-refractivity contribution >= 4 is 16.6 Å². The molecule has 0 aliphatic heterocycles. The zero-order valence-corrected chi connectivity index (χ0v) is 23.4. The van der Waals surface area contributed by atoms with Crippen LogP contribution in [0, 0.1) is 0 Å². The van der Waals surface area contributed by atoms with E-state index in [-0.39, 0.29) is 5.78 Å². The molecule has 0 atom stereocenters. The van der Waals surface area contributed by atoms with Crippen LogP contribution < -0.4 is 4.57 Å². The highest BCUT2D eigenvalue weighted by atomic mass is 16.1. The molecule has 2 nitrogen and oxygen atoms in total. The van der Waals surface area contributed by atoms with E-state index in [0.29, 0.717) is 6.54 Å². The maximum Gasteiger partial charge on any atom is 0.227 e. The Labute approximate surface area is 226 Å². The van der Waals surface area contributed by atoms with Crippen molar-refractivity contribution in [3.05, 3.63) is 78.1 Å². The summed E-state index contributed by atoms with van der Waals surface area (Å²) in [5.74, 6) is 0.161. The Balaban J connectivity index is 1.19. The number of pyridine rings is 1. The molecule has 0 saturated heterocycles. The first-order chi connectivity index (χ1) is 18.3. The first-order valence-corrected chi connectivity index (χ1v) is 15.3. The predicted octanol–water partition coefficient (Wildman–Crippen LogP) is 9.81. The van der Waals surface area contributed by atoms with E-state index >= 15 is 0 Å². The van der Waals surface area contributed by atoms with Crippen molar-refractivity contribution in [1.29, 1.82) is 0 Å². The van der Waals surface area contributed by atoms with Gasteiger partial charge in [-0.15, -0.1) is 0 Å². The van der Waals surface area contributed by atoms with Gasteiger partial charge in [0.25, 0.3) is 0 Å². The molecule has 3 rings (SSSR count). The monoisotopic (exact) mass is 500 g/mol. The van der Waals surface area contributed by atoms with Gasteiger partial charge in [-0.25, -0.2) is 0 Å². The van der Waals surface area contributed by atoms with Crippen LogP contribution in [0.25, 0.3) is 10.8 Å². The molecular weight excluding hydrogens is 450 g/mol. The van der Waals surface area contributed by atoms with Crippen molar-refractivity contribution in [3.63, 3.8) is 0 Å². The lowest BCUT2D eigenvalue weighted by atomic mass is 10.0. The molecule has 0 unspecified atom stereocenters. The van der Waals surface area contributed by atoms with Crippen LogP contribution in [-0.2, 0) is 13.0 Å². The maximum atomic E-state index is 12.8. The van der Waals surface area contributed by atoms with Crippen LogP contribution in [-0.4, -0.2) is 5.78 Å². The SMILES string of the molecule is CCCCCCCCCCCCCCCCCCc1ccc(C(=O)C[n+]2ccc3ccccc3c2)cc1. The Morgan fingerprint density at radius 1 is 0.595 bits per heavy atom. The van der Waals surface area contributed by atoms with Gasteiger partial charge in [0.1, 0.15) is 0 Å². The fourth-order valence-corrected chi connectivity index (χ4v) is 5.27. The predicted molar refractivity (Wildman–Crippen MR) is 158 cm³/mol. The standard InChI is InChI=1S/C35H50NO/c1-2-3-4-5-6-7-8-9-10-11-12-13-14-15-16-17-20-31-23-25-33(26-24-31)35(37)30-36-28-27-32-21-18-19-22-34(32)29-36/h18-19,21-29H,2-17,20,30H2,1H3/q+1. The summed E-state index contributed by atoms with van der Waals surface area (Å²) in [6.07, 6.45) is 27.6. The van der Waals surface area contributed by atoms with E-state index in [0.717, 1.165) is 17.4 Å². The zero-order chi connectivity index (χ0) is 26.0. The number of aryl methyl sites for hydroxylation is 1. The molecule has 200 valence electrons. The molecule has 0 aliphatic carbocycles. The summed E-state index contributed by atoms with van der Waals surface area (Å²) in [6, 6.07) is 18.6. The summed E-state index contributed by atoms with van der Waals surface area (Å²) < 4.78 is 1.98. The molecule has 3 aromatic rings. The minimum Gasteiger partial charge on any atom is -0.287 e. The van der Waals surface area contributed by atoms with Crippen LogP contribution in [0.2, 0.25) is 0 Å². The normalized spacial score (nSPS) is 11.3. The van der Waals surface area contributed by atoms with Crippen molar-refractivity contribution in [2.75, 3.05) is 0 Å². The smallest absolute Gasteiger partial charge is 0.227 e. The molecule has 0 spiro atoms. The molecule has 0 saturated carbocycles. The molecule has 0 bridgehead atoms. The van der Waals surface area contributed by atoms with Crippen molar-refractivity contribution in [1.82, 2.24) is 0 Å². The topological polar surface area (TPSA) is 20.9 Å². The van der Waals surface area contributed by atoms with Crippen molar-refractivity contribution in [3.8, 4) is 0 Å². The third-order valence-corrected chi connectivity index (χ3v) is 7.67. The maximum absolute atomic E-state index is 12.8. The molecule has 2 heteroatoms. The Morgan fingerprint density at radius 3 is 1.68 bits per heavy atom. The molecular formula is C35H50NO+. The third-order valence-electron chi connectivity index (χ3n) is 7.67. The van der Waals surface area contributed by atoms with E-state index in [1.54, 1.807) is 0 Å². The summed E-state index contributed by atoms with van der Waals surface area (Å²) in [7, 11) is 0. The van der Waals surface area contributed by atoms with Gasteiger partial charge in [-0.3, -0.25) is 4.79 Å². The number of unbranched alkanes of at least 4 members (excludes halogenated alkanes) is 15. The summed E-state index contributed by atoms with van der Waals surface area (Å²) in [6.45, 7) is 2.67. The van der Waals surface area contributed by atoms with Gasteiger partial charge in [0.05, 0.1) is 0 Å². The lowest BCUT2D eigenvalue weighted by Crippen LogP contribution is -2.37.